The Morgan fingerprint density at radius 3 is 2.55 bits per heavy atom. The molecule has 1 aliphatic heterocycles. The molecule has 0 aliphatic carbocycles. The lowest BCUT2D eigenvalue weighted by atomic mass is 9.91. The minimum atomic E-state index is -0.469. The maximum absolute atomic E-state index is 13.4. The summed E-state index contributed by atoms with van der Waals surface area (Å²) in [6, 6.07) is 9.30. The van der Waals surface area contributed by atoms with E-state index in [0.29, 0.717) is 18.7 Å². The van der Waals surface area contributed by atoms with Crippen LogP contribution in [-0.4, -0.2) is 39.4 Å². The molecule has 8 heteroatoms. The maximum atomic E-state index is 13.4. The number of amides is 2. The first-order valence-electron chi connectivity index (χ1n) is 11.4. The van der Waals surface area contributed by atoms with Crippen LogP contribution in [0.15, 0.2) is 46.6 Å². The van der Waals surface area contributed by atoms with Crippen molar-refractivity contribution in [3.63, 3.8) is 0 Å². The zero-order valence-electron chi connectivity index (χ0n) is 19.4. The number of hydrogen-bond acceptors (Lipinski definition) is 6. The summed E-state index contributed by atoms with van der Waals surface area (Å²) >= 11 is 1.62. The number of likely N-dealkylation sites (tertiary alicyclic amines) is 1. The number of aryl methyl sites for hydroxylation is 1. The summed E-state index contributed by atoms with van der Waals surface area (Å²) in [5, 5.41) is 6.87. The van der Waals surface area contributed by atoms with Crippen molar-refractivity contribution < 1.29 is 14.1 Å². The standard InChI is InChI=1S/C25H30N4O3S/c1-15(2)22(21-11-12-27-32-21)25(31)29-13-5-6-20(29)24(30)28-16(3)18-7-9-19(10-8-18)23-17(4)26-14-33-23/h7-12,14-16,20,22H,5-6,13H2,1-4H3,(H,28,30)/t16-,20-,22?/m0/s1. The van der Waals surface area contributed by atoms with Crippen molar-refractivity contribution in [3.8, 4) is 10.4 Å². The van der Waals surface area contributed by atoms with Gasteiger partial charge in [-0.3, -0.25) is 9.59 Å². The minimum Gasteiger partial charge on any atom is -0.361 e. The van der Waals surface area contributed by atoms with Crippen LogP contribution in [0.2, 0.25) is 0 Å². The van der Waals surface area contributed by atoms with Gasteiger partial charge in [-0.2, -0.15) is 0 Å². The molecule has 0 spiro atoms. The first-order chi connectivity index (χ1) is 15.9. The van der Waals surface area contributed by atoms with Gasteiger partial charge >= 0.3 is 0 Å². The smallest absolute Gasteiger partial charge is 0.243 e. The summed E-state index contributed by atoms with van der Waals surface area (Å²) in [4.78, 5) is 33.7. The second-order valence-electron chi connectivity index (χ2n) is 8.95. The third kappa shape index (κ3) is 4.85. The van der Waals surface area contributed by atoms with Crippen molar-refractivity contribution in [1.82, 2.24) is 20.4 Å². The highest BCUT2D eigenvalue weighted by atomic mass is 32.1. The molecule has 1 unspecified atom stereocenters. The number of aromatic nitrogens is 2. The summed E-state index contributed by atoms with van der Waals surface area (Å²) < 4.78 is 5.30. The number of rotatable bonds is 7. The highest BCUT2D eigenvalue weighted by Crippen LogP contribution is 2.31. The first kappa shape index (κ1) is 23.2. The molecule has 3 aromatic rings. The second kappa shape index (κ2) is 9.87. The number of nitrogens with one attached hydrogen (secondary N) is 1. The summed E-state index contributed by atoms with van der Waals surface area (Å²) in [6.07, 6.45) is 3.02. The van der Waals surface area contributed by atoms with E-state index in [0.717, 1.165) is 28.1 Å². The largest absolute Gasteiger partial charge is 0.361 e. The molecule has 0 bridgehead atoms. The molecule has 1 fully saturated rings. The second-order valence-corrected chi connectivity index (χ2v) is 9.80. The molecular weight excluding hydrogens is 436 g/mol. The lowest BCUT2D eigenvalue weighted by Gasteiger charge is -2.29. The molecule has 174 valence electrons. The SMILES string of the molecule is Cc1ncsc1-c1ccc([C@H](C)NC(=O)[C@@H]2CCCN2C(=O)C(c2ccno2)C(C)C)cc1. The fraction of sp³-hybridized carbons (Fsp3) is 0.440. The van der Waals surface area contributed by atoms with E-state index in [9.17, 15) is 9.59 Å². The van der Waals surface area contributed by atoms with Crippen LogP contribution in [0.1, 0.15) is 62.6 Å². The number of nitrogens with zero attached hydrogens (tertiary/aromatic N) is 3. The van der Waals surface area contributed by atoms with E-state index in [1.165, 1.54) is 0 Å². The van der Waals surface area contributed by atoms with Crippen LogP contribution in [0.5, 0.6) is 0 Å². The molecule has 3 atom stereocenters. The molecule has 2 amide bonds. The Balaban J connectivity index is 1.44. The van der Waals surface area contributed by atoms with Crippen LogP contribution in [0.4, 0.5) is 0 Å². The summed E-state index contributed by atoms with van der Waals surface area (Å²) in [7, 11) is 0. The van der Waals surface area contributed by atoms with Crippen LogP contribution in [0, 0.1) is 12.8 Å². The molecular formula is C25H30N4O3S. The van der Waals surface area contributed by atoms with Gasteiger partial charge in [0.05, 0.1) is 28.3 Å². The Labute approximate surface area is 198 Å². The summed E-state index contributed by atoms with van der Waals surface area (Å²) in [5.74, 6) is -0.0479. The van der Waals surface area contributed by atoms with Gasteiger partial charge in [0.1, 0.15) is 17.7 Å². The number of thiazole rings is 1. The molecule has 1 aromatic carbocycles. The predicted molar refractivity (Wildman–Crippen MR) is 128 cm³/mol. The monoisotopic (exact) mass is 466 g/mol. The van der Waals surface area contributed by atoms with Gasteiger partial charge in [-0.15, -0.1) is 11.3 Å². The Morgan fingerprint density at radius 2 is 1.94 bits per heavy atom. The van der Waals surface area contributed by atoms with Crippen LogP contribution < -0.4 is 5.32 Å². The molecule has 0 saturated carbocycles. The van der Waals surface area contributed by atoms with E-state index in [4.69, 9.17) is 4.52 Å². The third-order valence-electron chi connectivity index (χ3n) is 6.31. The van der Waals surface area contributed by atoms with Crippen molar-refractivity contribution in [2.75, 3.05) is 6.54 Å². The van der Waals surface area contributed by atoms with Crippen LogP contribution in [-0.2, 0) is 9.59 Å². The van der Waals surface area contributed by atoms with Crippen LogP contribution in [0.3, 0.4) is 0 Å². The minimum absolute atomic E-state index is 0.0365. The Hall–Kier alpha value is -3.00. The Kier molecular flexibility index (Phi) is 6.93. The van der Waals surface area contributed by atoms with E-state index < -0.39 is 12.0 Å². The van der Waals surface area contributed by atoms with Crippen molar-refractivity contribution >= 4 is 23.2 Å². The van der Waals surface area contributed by atoms with E-state index in [1.807, 2.05) is 45.3 Å². The van der Waals surface area contributed by atoms with Gasteiger partial charge in [0.2, 0.25) is 11.8 Å². The molecule has 7 nitrogen and oxygen atoms in total. The van der Waals surface area contributed by atoms with Crippen molar-refractivity contribution in [1.29, 1.82) is 0 Å². The number of carbonyl (C=O) groups excluding carboxylic acids is 2. The highest BCUT2D eigenvalue weighted by Gasteiger charge is 2.40. The molecule has 2 aromatic heterocycles. The number of benzene rings is 1. The van der Waals surface area contributed by atoms with Crippen molar-refractivity contribution in [2.24, 2.45) is 5.92 Å². The Morgan fingerprint density at radius 1 is 1.18 bits per heavy atom. The fourth-order valence-electron chi connectivity index (χ4n) is 4.50. The van der Waals surface area contributed by atoms with Crippen molar-refractivity contribution in [2.45, 2.75) is 58.5 Å². The molecule has 33 heavy (non-hydrogen) atoms. The quantitative estimate of drug-likeness (QED) is 0.545. The zero-order valence-corrected chi connectivity index (χ0v) is 20.3. The van der Waals surface area contributed by atoms with Crippen LogP contribution >= 0.6 is 11.3 Å². The topological polar surface area (TPSA) is 88.3 Å². The van der Waals surface area contributed by atoms with Gasteiger partial charge in [-0.05, 0) is 43.7 Å². The molecule has 1 N–H and O–H groups in total. The zero-order chi connectivity index (χ0) is 23.5. The molecule has 1 saturated heterocycles. The lowest BCUT2D eigenvalue weighted by Crippen LogP contribution is -2.48. The van der Waals surface area contributed by atoms with Gasteiger partial charge in [0, 0.05) is 12.6 Å². The van der Waals surface area contributed by atoms with E-state index in [-0.39, 0.29) is 23.8 Å². The lowest BCUT2D eigenvalue weighted by molar-refractivity contribution is -0.141. The molecule has 1 aliphatic rings. The Bertz CT molecular complexity index is 1090. The van der Waals surface area contributed by atoms with Crippen molar-refractivity contribution in [3.05, 3.63) is 59.1 Å². The molecule has 3 heterocycles. The number of hydrogen-bond donors (Lipinski definition) is 1. The van der Waals surface area contributed by atoms with E-state index >= 15 is 0 Å². The van der Waals surface area contributed by atoms with E-state index in [1.54, 1.807) is 28.5 Å². The van der Waals surface area contributed by atoms with Gasteiger partial charge in [0.15, 0.2) is 0 Å². The summed E-state index contributed by atoms with van der Waals surface area (Å²) in [6.45, 7) is 8.51. The van der Waals surface area contributed by atoms with E-state index in [2.05, 4.69) is 27.6 Å². The van der Waals surface area contributed by atoms with Gasteiger partial charge in [0.25, 0.3) is 0 Å². The highest BCUT2D eigenvalue weighted by molar-refractivity contribution is 7.13. The normalized spacial score (nSPS) is 17.8. The number of carbonyl (C=O) groups is 2. The predicted octanol–water partition coefficient (Wildman–Crippen LogP) is 4.71. The molecule has 0 radical (unpaired) electrons. The van der Waals surface area contributed by atoms with Gasteiger partial charge < -0.3 is 14.7 Å². The van der Waals surface area contributed by atoms with Gasteiger partial charge in [-0.1, -0.05) is 43.3 Å². The average Bonchev–Trinajstić information content (AvgIpc) is 3.55. The first-order valence-corrected chi connectivity index (χ1v) is 12.3. The fourth-order valence-corrected chi connectivity index (χ4v) is 5.31. The maximum Gasteiger partial charge on any atom is 0.243 e. The van der Waals surface area contributed by atoms with Crippen LogP contribution in [0.25, 0.3) is 10.4 Å². The third-order valence-corrected chi connectivity index (χ3v) is 7.29. The van der Waals surface area contributed by atoms with Gasteiger partial charge in [-0.25, -0.2) is 4.98 Å². The average molecular weight is 467 g/mol. The summed E-state index contributed by atoms with van der Waals surface area (Å²) in [5.41, 5.74) is 5.01. The molecule has 4 rings (SSSR count).